The van der Waals surface area contributed by atoms with Crippen molar-refractivity contribution in [3.63, 3.8) is 0 Å². The van der Waals surface area contributed by atoms with Crippen molar-refractivity contribution in [3.05, 3.63) is 24.3 Å². The van der Waals surface area contributed by atoms with Gasteiger partial charge in [0.05, 0.1) is 7.11 Å². The van der Waals surface area contributed by atoms with Crippen LogP contribution in [0.5, 0.6) is 0 Å². The van der Waals surface area contributed by atoms with Crippen molar-refractivity contribution in [2.24, 2.45) is 0 Å². The molecule has 2 N–H and O–H groups in total. The van der Waals surface area contributed by atoms with Crippen molar-refractivity contribution < 1.29 is 9.53 Å². The molecule has 19 heavy (non-hydrogen) atoms. The average Bonchev–Trinajstić information content (AvgIpc) is 2.42. The van der Waals surface area contributed by atoms with Crippen molar-refractivity contribution in [1.29, 1.82) is 0 Å². The SMILES string of the molecule is COC(=O)Nc1cccc(NC2CCCSC2C)c1. The number of benzene rings is 1. The van der Waals surface area contributed by atoms with Crippen molar-refractivity contribution in [2.45, 2.75) is 31.1 Å². The summed E-state index contributed by atoms with van der Waals surface area (Å²) in [5.74, 6) is 1.25. The Kier molecular flexibility index (Phi) is 4.96. The quantitative estimate of drug-likeness (QED) is 0.889. The van der Waals surface area contributed by atoms with E-state index in [0.717, 1.165) is 11.4 Å². The molecule has 1 amide bonds. The summed E-state index contributed by atoms with van der Waals surface area (Å²) in [6.45, 7) is 2.26. The minimum absolute atomic E-state index is 0.446. The summed E-state index contributed by atoms with van der Waals surface area (Å²) in [6, 6.07) is 8.22. The summed E-state index contributed by atoms with van der Waals surface area (Å²) in [4.78, 5) is 11.2. The standard InChI is InChI=1S/C14H20N2O2S/c1-10-13(7-4-8-19-10)15-11-5-3-6-12(9-11)16-14(17)18-2/h3,5-6,9-10,13,15H,4,7-8H2,1-2H3,(H,16,17). The molecule has 1 aliphatic rings. The number of anilines is 2. The summed E-state index contributed by atoms with van der Waals surface area (Å²) in [5, 5.41) is 6.84. The van der Waals surface area contributed by atoms with Crippen LogP contribution in [0.1, 0.15) is 19.8 Å². The van der Waals surface area contributed by atoms with Gasteiger partial charge < -0.3 is 10.1 Å². The Labute approximate surface area is 118 Å². The average molecular weight is 280 g/mol. The molecule has 1 saturated heterocycles. The molecule has 0 saturated carbocycles. The molecule has 2 unspecified atom stereocenters. The Balaban J connectivity index is 2.00. The second-order valence-electron chi connectivity index (χ2n) is 4.67. The predicted molar refractivity (Wildman–Crippen MR) is 81.0 cm³/mol. The number of nitrogens with one attached hydrogen (secondary N) is 2. The molecular weight excluding hydrogens is 260 g/mol. The second-order valence-corrected chi connectivity index (χ2v) is 6.15. The van der Waals surface area contributed by atoms with E-state index in [1.54, 1.807) is 0 Å². The number of rotatable bonds is 3. The summed E-state index contributed by atoms with van der Waals surface area (Å²) in [6.07, 6.45) is 2.01. The van der Waals surface area contributed by atoms with E-state index in [-0.39, 0.29) is 0 Å². The Bertz CT molecular complexity index is 439. The molecule has 104 valence electrons. The van der Waals surface area contributed by atoms with Crippen LogP contribution < -0.4 is 10.6 Å². The number of carbonyl (C=O) groups is 1. The van der Waals surface area contributed by atoms with Crippen molar-refractivity contribution in [3.8, 4) is 0 Å². The van der Waals surface area contributed by atoms with Crippen LogP contribution in [0.25, 0.3) is 0 Å². The van der Waals surface area contributed by atoms with Crippen LogP contribution in [0.4, 0.5) is 16.2 Å². The molecule has 1 fully saturated rings. The number of amides is 1. The maximum absolute atomic E-state index is 11.2. The zero-order chi connectivity index (χ0) is 13.7. The fourth-order valence-corrected chi connectivity index (χ4v) is 3.32. The highest BCUT2D eigenvalue weighted by Gasteiger charge is 2.21. The predicted octanol–water partition coefficient (Wildman–Crippen LogP) is 3.56. The van der Waals surface area contributed by atoms with Gasteiger partial charge in [-0.15, -0.1) is 0 Å². The molecule has 0 spiro atoms. The van der Waals surface area contributed by atoms with Crippen molar-refractivity contribution >= 4 is 29.2 Å². The highest BCUT2D eigenvalue weighted by molar-refractivity contribution is 8.00. The lowest BCUT2D eigenvalue weighted by Crippen LogP contribution is -2.32. The van der Waals surface area contributed by atoms with Gasteiger partial charge in [0.2, 0.25) is 0 Å². The number of ether oxygens (including phenoxy) is 1. The molecular formula is C14H20N2O2S. The highest BCUT2D eigenvalue weighted by Crippen LogP contribution is 2.28. The van der Waals surface area contributed by atoms with E-state index in [1.807, 2.05) is 36.0 Å². The van der Waals surface area contributed by atoms with E-state index in [0.29, 0.717) is 11.3 Å². The lowest BCUT2D eigenvalue weighted by molar-refractivity contribution is 0.187. The van der Waals surface area contributed by atoms with Gasteiger partial charge in [0.15, 0.2) is 0 Å². The topological polar surface area (TPSA) is 50.4 Å². The molecule has 5 heteroatoms. The van der Waals surface area contributed by atoms with Crippen LogP contribution in [0, 0.1) is 0 Å². The van der Waals surface area contributed by atoms with Gasteiger partial charge in [0.1, 0.15) is 0 Å². The van der Waals surface area contributed by atoms with E-state index in [2.05, 4.69) is 22.3 Å². The summed E-state index contributed by atoms with van der Waals surface area (Å²) in [5.41, 5.74) is 1.78. The van der Waals surface area contributed by atoms with E-state index >= 15 is 0 Å². The van der Waals surface area contributed by atoms with Crippen LogP contribution in [0.2, 0.25) is 0 Å². The molecule has 2 rings (SSSR count). The minimum Gasteiger partial charge on any atom is -0.453 e. The lowest BCUT2D eigenvalue weighted by atomic mass is 10.1. The van der Waals surface area contributed by atoms with Crippen LogP contribution >= 0.6 is 11.8 Å². The Morgan fingerprint density at radius 2 is 2.21 bits per heavy atom. The third-order valence-electron chi connectivity index (χ3n) is 3.25. The molecule has 1 aliphatic heterocycles. The Hall–Kier alpha value is -1.36. The first-order valence-electron chi connectivity index (χ1n) is 6.52. The van der Waals surface area contributed by atoms with Crippen LogP contribution in [0.15, 0.2) is 24.3 Å². The zero-order valence-corrected chi connectivity index (χ0v) is 12.1. The van der Waals surface area contributed by atoms with Crippen LogP contribution in [-0.4, -0.2) is 30.2 Å². The second kappa shape index (κ2) is 6.70. The minimum atomic E-state index is -0.446. The maximum atomic E-state index is 11.2. The fraction of sp³-hybridized carbons (Fsp3) is 0.500. The molecule has 0 bridgehead atoms. The Morgan fingerprint density at radius 3 is 2.95 bits per heavy atom. The number of carbonyl (C=O) groups excluding carboxylic acids is 1. The zero-order valence-electron chi connectivity index (χ0n) is 11.3. The van der Waals surface area contributed by atoms with Gasteiger partial charge in [-0.3, -0.25) is 5.32 Å². The molecule has 2 atom stereocenters. The van der Waals surface area contributed by atoms with Gasteiger partial charge in [-0.25, -0.2) is 4.79 Å². The van der Waals surface area contributed by atoms with Gasteiger partial charge in [-0.05, 0) is 36.8 Å². The first-order valence-corrected chi connectivity index (χ1v) is 7.57. The monoisotopic (exact) mass is 280 g/mol. The molecule has 4 nitrogen and oxygen atoms in total. The van der Waals surface area contributed by atoms with Crippen molar-refractivity contribution in [2.75, 3.05) is 23.5 Å². The van der Waals surface area contributed by atoms with Crippen LogP contribution in [-0.2, 0) is 4.74 Å². The Morgan fingerprint density at radius 1 is 1.42 bits per heavy atom. The maximum Gasteiger partial charge on any atom is 0.411 e. The highest BCUT2D eigenvalue weighted by atomic mass is 32.2. The van der Waals surface area contributed by atoms with Gasteiger partial charge in [-0.1, -0.05) is 13.0 Å². The van der Waals surface area contributed by atoms with E-state index in [1.165, 1.54) is 25.7 Å². The van der Waals surface area contributed by atoms with Gasteiger partial charge in [0, 0.05) is 22.7 Å². The molecule has 1 aromatic carbocycles. The summed E-state index contributed by atoms with van der Waals surface area (Å²) >= 11 is 2.01. The van der Waals surface area contributed by atoms with Gasteiger partial charge in [-0.2, -0.15) is 11.8 Å². The summed E-state index contributed by atoms with van der Waals surface area (Å²) < 4.78 is 4.59. The van der Waals surface area contributed by atoms with Crippen molar-refractivity contribution in [1.82, 2.24) is 0 Å². The van der Waals surface area contributed by atoms with E-state index < -0.39 is 6.09 Å². The third kappa shape index (κ3) is 4.06. The first kappa shape index (κ1) is 14.1. The molecule has 1 aromatic rings. The smallest absolute Gasteiger partial charge is 0.411 e. The normalized spacial score (nSPS) is 22.6. The molecule has 0 radical (unpaired) electrons. The first-order chi connectivity index (χ1) is 9.19. The van der Waals surface area contributed by atoms with Crippen LogP contribution in [0.3, 0.4) is 0 Å². The lowest BCUT2D eigenvalue weighted by Gasteiger charge is -2.30. The molecule has 0 aromatic heterocycles. The third-order valence-corrected chi connectivity index (χ3v) is 4.63. The number of hydrogen-bond donors (Lipinski definition) is 2. The van der Waals surface area contributed by atoms with E-state index in [4.69, 9.17) is 0 Å². The number of thioether (sulfide) groups is 1. The van der Waals surface area contributed by atoms with Gasteiger partial charge in [0.25, 0.3) is 0 Å². The molecule has 0 aliphatic carbocycles. The number of hydrogen-bond acceptors (Lipinski definition) is 4. The largest absolute Gasteiger partial charge is 0.453 e. The fourth-order valence-electron chi connectivity index (χ4n) is 2.18. The number of methoxy groups -OCH3 is 1. The van der Waals surface area contributed by atoms with E-state index in [9.17, 15) is 4.79 Å². The van der Waals surface area contributed by atoms with Gasteiger partial charge >= 0.3 is 6.09 Å². The molecule has 1 heterocycles. The summed E-state index contributed by atoms with van der Waals surface area (Å²) in [7, 11) is 1.36.